The van der Waals surface area contributed by atoms with E-state index >= 15 is 0 Å². The molecular formula is C21H30N3OS+. The molecule has 5 fully saturated rings. The van der Waals surface area contributed by atoms with E-state index in [1.807, 2.05) is 24.0 Å². The van der Waals surface area contributed by atoms with Crippen LogP contribution in [0.1, 0.15) is 38.5 Å². The number of aromatic nitrogens is 1. The molecule has 1 saturated heterocycles. The van der Waals surface area contributed by atoms with Crippen LogP contribution in [-0.2, 0) is 4.79 Å². The Morgan fingerprint density at radius 3 is 2.27 bits per heavy atom. The number of carbonyl (C=O) groups excluding carboxylic acids is 1. The van der Waals surface area contributed by atoms with Crippen molar-refractivity contribution in [2.24, 2.45) is 17.8 Å². The number of hydrogen-bond donors (Lipinski definition) is 0. The maximum atomic E-state index is 12.8. The average molecular weight is 373 g/mol. The van der Waals surface area contributed by atoms with Gasteiger partial charge in [-0.2, -0.15) is 0 Å². The van der Waals surface area contributed by atoms with Gasteiger partial charge in [-0.15, -0.1) is 11.8 Å². The summed E-state index contributed by atoms with van der Waals surface area (Å²) in [6.45, 7) is 3.55. The molecule has 0 radical (unpaired) electrons. The molecule has 4 aliphatic carbocycles. The number of nitrogens with zero attached hydrogens (tertiary/aromatic N) is 2. The molecule has 4 saturated carbocycles. The van der Waals surface area contributed by atoms with Crippen molar-refractivity contribution in [1.29, 1.82) is 0 Å². The first-order valence-corrected chi connectivity index (χ1v) is 11.3. The average Bonchev–Trinajstić information content (AvgIpc) is 2.66. The van der Waals surface area contributed by atoms with Gasteiger partial charge in [0.15, 0.2) is 0 Å². The van der Waals surface area contributed by atoms with E-state index in [1.165, 1.54) is 38.5 Å². The number of amides is 1. The lowest BCUT2D eigenvalue weighted by Crippen LogP contribution is -2.52. The van der Waals surface area contributed by atoms with Gasteiger partial charge < -0.3 is 4.90 Å². The van der Waals surface area contributed by atoms with E-state index in [0.29, 0.717) is 16.4 Å². The molecule has 0 atom stereocenters. The van der Waals surface area contributed by atoms with Crippen molar-refractivity contribution < 1.29 is 9.78 Å². The van der Waals surface area contributed by atoms with Gasteiger partial charge in [0.2, 0.25) is 5.91 Å². The van der Waals surface area contributed by atoms with Crippen molar-refractivity contribution in [3.8, 4) is 0 Å². The van der Waals surface area contributed by atoms with Crippen LogP contribution in [0.5, 0.6) is 0 Å². The maximum absolute atomic E-state index is 12.8. The number of nitrogens with one attached hydrogen (secondary N) is 1. The Bertz CT molecular complexity index is 621. The third kappa shape index (κ3) is 3.23. The molecule has 6 rings (SSSR count). The number of piperazine rings is 1. The number of thioether (sulfide) groups is 1. The fraction of sp³-hybridized carbons (Fsp3) is 0.714. The Hall–Kier alpha value is -1.23. The zero-order valence-corrected chi connectivity index (χ0v) is 16.3. The molecule has 5 heteroatoms. The summed E-state index contributed by atoms with van der Waals surface area (Å²) in [6, 6.07) is 6.18. The smallest absolute Gasteiger partial charge is 0.274 e. The van der Waals surface area contributed by atoms with Crippen LogP contribution in [0, 0.1) is 17.8 Å². The lowest BCUT2D eigenvalue weighted by molar-refractivity contribution is -0.364. The first kappa shape index (κ1) is 16.9. The van der Waals surface area contributed by atoms with Gasteiger partial charge in [-0.3, -0.25) is 9.69 Å². The van der Waals surface area contributed by atoms with Gasteiger partial charge in [0.25, 0.3) is 5.82 Å². The molecule has 4 nitrogen and oxygen atoms in total. The molecule has 1 aromatic heterocycles. The van der Waals surface area contributed by atoms with Crippen molar-refractivity contribution in [3.63, 3.8) is 0 Å². The molecule has 4 bridgehead atoms. The SMILES string of the molecule is O=C(CSC12CC3CC(CC(C3)C1)C2)N1CCN(c2cccc[nH+]2)CC1. The summed E-state index contributed by atoms with van der Waals surface area (Å²) in [5.74, 6) is 5.12. The number of hydrogen-bond acceptors (Lipinski definition) is 3. The van der Waals surface area contributed by atoms with E-state index in [9.17, 15) is 4.79 Å². The predicted molar refractivity (Wildman–Crippen MR) is 105 cm³/mol. The molecule has 1 aliphatic heterocycles. The lowest BCUT2D eigenvalue weighted by Gasteiger charge is -2.56. The van der Waals surface area contributed by atoms with Crippen molar-refractivity contribution in [2.45, 2.75) is 43.3 Å². The monoisotopic (exact) mass is 372 g/mol. The normalized spacial score (nSPS) is 35.8. The molecule has 5 aliphatic rings. The Labute approximate surface area is 160 Å². The zero-order chi connectivity index (χ0) is 17.6. The molecule has 26 heavy (non-hydrogen) atoms. The first-order chi connectivity index (χ1) is 12.7. The second-order valence-corrected chi connectivity index (χ2v) is 10.4. The predicted octanol–water partition coefficient (Wildman–Crippen LogP) is 2.85. The van der Waals surface area contributed by atoms with Gasteiger partial charge in [0.05, 0.1) is 25.0 Å². The molecule has 0 spiro atoms. The fourth-order valence-electron chi connectivity index (χ4n) is 6.29. The third-order valence-corrected chi connectivity index (χ3v) is 8.65. The van der Waals surface area contributed by atoms with Gasteiger partial charge in [0.1, 0.15) is 13.1 Å². The first-order valence-electron chi connectivity index (χ1n) is 10.3. The molecular weight excluding hydrogens is 342 g/mol. The van der Waals surface area contributed by atoms with Gasteiger partial charge >= 0.3 is 0 Å². The van der Waals surface area contributed by atoms with Crippen molar-refractivity contribution in [2.75, 3.05) is 36.8 Å². The van der Waals surface area contributed by atoms with E-state index in [2.05, 4.69) is 26.9 Å². The van der Waals surface area contributed by atoms with Crippen LogP contribution >= 0.6 is 11.8 Å². The molecule has 1 amide bonds. The number of rotatable bonds is 4. The zero-order valence-electron chi connectivity index (χ0n) is 15.5. The minimum atomic E-state index is 0.363. The number of pyridine rings is 1. The van der Waals surface area contributed by atoms with E-state index < -0.39 is 0 Å². The van der Waals surface area contributed by atoms with Crippen molar-refractivity contribution >= 4 is 23.5 Å². The standard InChI is InChI=1S/C21H29N3OS/c25-20(24-7-5-23(6-8-24)19-3-1-2-4-22-19)15-26-21-12-16-9-17(13-21)11-18(10-16)14-21/h1-4,16-18H,5-15H2/p+1. The Balaban J connectivity index is 1.14. The number of aromatic amines is 1. The van der Waals surface area contributed by atoms with Gasteiger partial charge in [0, 0.05) is 10.8 Å². The highest BCUT2D eigenvalue weighted by Crippen LogP contribution is 2.60. The van der Waals surface area contributed by atoms with Crippen LogP contribution in [0.4, 0.5) is 5.82 Å². The Morgan fingerprint density at radius 2 is 1.69 bits per heavy atom. The summed E-state index contributed by atoms with van der Waals surface area (Å²) < 4.78 is 0.450. The molecule has 2 heterocycles. The summed E-state index contributed by atoms with van der Waals surface area (Å²) in [7, 11) is 0. The van der Waals surface area contributed by atoms with E-state index in [1.54, 1.807) is 0 Å². The van der Waals surface area contributed by atoms with Crippen LogP contribution in [0.15, 0.2) is 24.4 Å². The topological polar surface area (TPSA) is 37.7 Å². The highest BCUT2D eigenvalue weighted by Gasteiger charge is 2.51. The Morgan fingerprint density at radius 1 is 1.04 bits per heavy atom. The summed E-state index contributed by atoms with van der Waals surface area (Å²) in [6.07, 6.45) is 10.6. The summed E-state index contributed by atoms with van der Waals surface area (Å²) in [4.78, 5) is 20.5. The van der Waals surface area contributed by atoms with Gasteiger partial charge in [-0.1, -0.05) is 6.07 Å². The Kier molecular flexibility index (Phi) is 4.38. The minimum absolute atomic E-state index is 0.363. The lowest BCUT2D eigenvalue weighted by atomic mass is 9.56. The quantitative estimate of drug-likeness (QED) is 0.816. The number of H-pyrrole nitrogens is 1. The minimum Gasteiger partial charge on any atom is -0.334 e. The highest BCUT2D eigenvalue weighted by molar-refractivity contribution is 8.01. The maximum Gasteiger partial charge on any atom is 0.274 e. The fourth-order valence-corrected chi connectivity index (χ4v) is 7.96. The van der Waals surface area contributed by atoms with E-state index in [0.717, 1.165) is 49.8 Å². The molecule has 1 N–H and O–H groups in total. The second kappa shape index (κ2) is 6.74. The van der Waals surface area contributed by atoms with E-state index in [-0.39, 0.29) is 0 Å². The summed E-state index contributed by atoms with van der Waals surface area (Å²) in [5, 5.41) is 0. The molecule has 140 valence electrons. The van der Waals surface area contributed by atoms with E-state index in [4.69, 9.17) is 0 Å². The summed E-state index contributed by atoms with van der Waals surface area (Å²) >= 11 is 2.02. The number of anilines is 1. The number of carbonyl (C=O) groups is 1. The highest BCUT2D eigenvalue weighted by atomic mass is 32.2. The molecule has 1 aromatic rings. The summed E-state index contributed by atoms with van der Waals surface area (Å²) in [5.41, 5.74) is 0. The van der Waals surface area contributed by atoms with Crippen LogP contribution in [0.2, 0.25) is 0 Å². The van der Waals surface area contributed by atoms with Gasteiger partial charge in [-0.05, 0) is 62.3 Å². The second-order valence-electron chi connectivity index (χ2n) is 9.00. The van der Waals surface area contributed by atoms with Crippen LogP contribution in [-0.4, -0.2) is 47.5 Å². The third-order valence-electron chi connectivity index (χ3n) is 7.15. The van der Waals surface area contributed by atoms with Crippen LogP contribution < -0.4 is 9.88 Å². The van der Waals surface area contributed by atoms with Crippen LogP contribution in [0.3, 0.4) is 0 Å². The van der Waals surface area contributed by atoms with Gasteiger partial charge in [-0.25, -0.2) is 4.98 Å². The van der Waals surface area contributed by atoms with Crippen LogP contribution in [0.25, 0.3) is 0 Å². The van der Waals surface area contributed by atoms with Crippen molar-refractivity contribution in [1.82, 2.24) is 4.90 Å². The molecule has 0 aromatic carbocycles. The molecule has 0 unspecified atom stereocenters. The largest absolute Gasteiger partial charge is 0.334 e. The van der Waals surface area contributed by atoms with Crippen molar-refractivity contribution in [3.05, 3.63) is 24.4 Å².